The number of carboxylic acids is 1. The van der Waals surface area contributed by atoms with Crippen molar-refractivity contribution in [2.75, 3.05) is 0 Å². The largest absolute Gasteiger partial charge is 0.481 e. The summed E-state index contributed by atoms with van der Waals surface area (Å²) in [5.74, 6) is -2.50. The third-order valence-corrected chi connectivity index (χ3v) is 3.59. The van der Waals surface area contributed by atoms with E-state index in [9.17, 15) is 32.9 Å². The van der Waals surface area contributed by atoms with Gasteiger partial charge in [-0.3, -0.25) is 19.7 Å². The van der Waals surface area contributed by atoms with Crippen LogP contribution in [-0.2, 0) is 11.0 Å². The van der Waals surface area contributed by atoms with Crippen LogP contribution in [0.15, 0.2) is 18.2 Å². The first kappa shape index (κ1) is 16.7. The summed E-state index contributed by atoms with van der Waals surface area (Å²) in [6.07, 6.45) is -4.41. The minimum absolute atomic E-state index is 0.176. The number of nitro groups is 1. The van der Waals surface area contributed by atoms with Crippen LogP contribution in [0, 0.1) is 16.0 Å². The molecule has 1 aliphatic rings. The molecule has 0 unspecified atom stereocenters. The number of nitrogens with one attached hydrogen (secondary N) is 1. The molecule has 1 amide bonds. The second-order valence-corrected chi connectivity index (χ2v) is 5.16. The zero-order valence-corrected chi connectivity index (χ0v) is 11.5. The Kier molecular flexibility index (Phi) is 4.26. The molecule has 0 radical (unpaired) electrons. The number of rotatable bonds is 4. The van der Waals surface area contributed by atoms with Crippen LogP contribution in [-0.4, -0.2) is 27.9 Å². The second-order valence-electron chi connectivity index (χ2n) is 5.16. The van der Waals surface area contributed by atoms with Crippen molar-refractivity contribution in [3.05, 3.63) is 39.4 Å². The number of carboxylic acid groups (broad SMARTS) is 1. The average molecular weight is 332 g/mol. The number of aliphatic carboxylic acids is 1. The minimum Gasteiger partial charge on any atom is -0.481 e. The Morgan fingerprint density at radius 2 is 1.91 bits per heavy atom. The first-order valence-electron chi connectivity index (χ1n) is 6.49. The topological polar surface area (TPSA) is 110 Å². The van der Waals surface area contributed by atoms with E-state index < -0.39 is 51.8 Å². The first-order valence-corrected chi connectivity index (χ1v) is 6.49. The zero-order valence-electron chi connectivity index (χ0n) is 11.5. The van der Waals surface area contributed by atoms with Crippen molar-refractivity contribution < 1.29 is 32.8 Å². The molecule has 23 heavy (non-hydrogen) atoms. The van der Waals surface area contributed by atoms with E-state index in [1.165, 1.54) is 0 Å². The molecule has 1 saturated carbocycles. The van der Waals surface area contributed by atoms with Crippen molar-refractivity contribution in [2.24, 2.45) is 5.92 Å². The monoisotopic (exact) mass is 332 g/mol. The van der Waals surface area contributed by atoms with Crippen LogP contribution in [0.4, 0.5) is 18.9 Å². The molecule has 1 fully saturated rings. The number of alkyl halides is 3. The number of hydrogen-bond donors (Lipinski definition) is 2. The summed E-state index contributed by atoms with van der Waals surface area (Å²) in [7, 11) is 0. The van der Waals surface area contributed by atoms with Gasteiger partial charge in [-0.1, -0.05) is 0 Å². The van der Waals surface area contributed by atoms with Crippen LogP contribution >= 0.6 is 0 Å². The molecule has 1 aromatic carbocycles. The van der Waals surface area contributed by atoms with Gasteiger partial charge in [-0.15, -0.1) is 0 Å². The van der Waals surface area contributed by atoms with Crippen LogP contribution in [0.25, 0.3) is 0 Å². The first-order chi connectivity index (χ1) is 10.6. The second kappa shape index (κ2) is 5.86. The molecule has 0 bridgehead atoms. The Morgan fingerprint density at radius 3 is 2.39 bits per heavy atom. The minimum atomic E-state index is -4.76. The molecule has 1 aromatic rings. The fraction of sp³-hybridized carbons (Fsp3) is 0.385. The van der Waals surface area contributed by atoms with Gasteiger partial charge in [0.2, 0.25) is 0 Å². The molecule has 0 atom stereocenters. The SMILES string of the molecule is O=C(NC1CC(C(=O)O)C1)c1ccc(C(F)(F)F)cc1[N+](=O)[O-]. The molecule has 0 aromatic heterocycles. The standard InChI is InChI=1S/C13H11F3N2O5/c14-13(15,16)7-1-2-9(10(5-7)18(22)23)11(19)17-8-3-6(4-8)12(20)21/h1-2,5-6,8H,3-4H2,(H,17,19)(H,20,21). The van der Waals surface area contributed by atoms with E-state index in [-0.39, 0.29) is 12.8 Å². The van der Waals surface area contributed by atoms with Gasteiger partial charge in [-0.2, -0.15) is 13.2 Å². The highest BCUT2D eigenvalue weighted by molar-refractivity contribution is 5.98. The van der Waals surface area contributed by atoms with Gasteiger partial charge in [0.05, 0.1) is 16.4 Å². The summed E-state index contributed by atoms with van der Waals surface area (Å²) in [6.45, 7) is 0. The predicted octanol–water partition coefficient (Wildman–Crippen LogP) is 2.21. The van der Waals surface area contributed by atoms with Gasteiger partial charge in [-0.05, 0) is 25.0 Å². The van der Waals surface area contributed by atoms with Crippen molar-refractivity contribution in [3.63, 3.8) is 0 Å². The summed E-state index contributed by atoms with van der Waals surface area (Å²) < 4.78 is 37.7. The normalized spacial score (nSPS) is 20.5. The molecule has 0 aliphatic heterocycles. The van der Waals surface area contributed by atoms with Crippen molar-refractivity contribution in [1.29, 1.82) is 0 Å². The van der Waals surface area contributed by atoms with Crippen LogP contribution in [0.1, 0.15) is 28.8 Å². The maximum absolute atomic E-state index is 12.6. The number of carbonyl (C=O) groups is 2. The molecule has 0 spiro atoms. The van der Waals surface area contributed by atoms with Crippen LogP contribution in [0.5, 0.6) is 0 Å². The number of nitrogens with zero attached hydrogens (tertiary/aromatic N) is 1. The average Bonchev–Trinajstić information content (AvgIpc) is 2.39. The highest BCUT2D eigenvalue weighted by Crippen LogP contribution is 2.33. The molecule has 124 valence electrons. The summed E-state index contributed by atoms with van der Waals surface area (Å²) in [4.78, 5) is 32.4. The number of nitro benzene ring substituents is 1. The Morgan fingerprint density at radius 1 is 1.30 bits per heavy atom. The number of amides is 1. The lowest BCUT2D eigenvalue weighted by molar-refractivity contribution is -0.385. The predicted molar refractivity (Wildman–Crippen MR) is 69.7 cm³/mol. The van der Waals surface area contributed by atoms with Gasteiger partial charge < -0.3 is 10.4 Å². The van der Waals surface area contributed by atoms with Crippen molar-refractivity contribution in [1.82, 2.24) is 5.32 Å². The Labute approximate surface area is 127 Å². The fourth-order valence-corrected chi connectivity index (χ4v) is 2.25. The van der Waals surface area contributed by atoms with Crippen LogP contribution in [0.2, 0.25) is 0 Å². The molecule has 2 rings (SSSR count). The van der Waals surface area contributed by atoms with Crippen LogP contribution < -0.4 is 5.32 Å². The highest BCUT2D eigenvalue weighted by Gasteiger charge is 2.37. The summed E-state index contributed by atoms with van der Waals surface area (Å²) in [5.41, 5.74) is -2.68. The van der Waals surface area contributed by atoms with E-state index >= 15 is 0 Å². The maximum Gasteiger partial charge on any atom is 0.416 e. The third kappa shape index (κ3) is 3.58. The van der Waals surface area contributed by atoms with E-state index in [0.29, 0.717) is 12.1 Å². The van der Waals surface area contributed by atoms with Crippen molar-refractivity contribution in [3.8, 4) is 0 Å². The molecule has 7 nitrogen and oxygen atoms in total. The van der Waals surface area contributed by atoms with Gasteiger partial charge in [0.1, 0.15) is 5.56 Å². The van der Waals surface area contributed by atoms with Gasteiger partial charge >= 0.3 is 12.1 Å². The van der Waals surface area contributed by atoms with Gasteiger partial charge in [-0.25, -0.2) is 0 Å². The van der Waals surface area contributed by atoms with Gasteiger partial charge in [0.25, 0.3) is 11.6 Å². The molecule has 1 aliphatic carbocycles. The van der Waals surface area contributed by atoms with Gasteiger partial charge in [0.15, 0.2) is 0 Å². The number of carbonyl (C=O) groups excluding carboxylic acids is 1. The molecule has 0 heterocycles. The van der Waals surface area contributed by atoms with Gasteiger partial charge in [0, 0.05) is 12.1 Å². The quantitative estimate of drug-likeness (QED) is 0.649. The van der Waals surface area contributed by atoms with E-state index in [1.54, 1.807) is 0 Å². The Hall–Kier alpha value is -2.65. The lowest BCUT2D eigenvalue weighted by Gasteiger charge is -2.32. The highest BCUT2D eigenvalue weighted by atomic mass is 19.4. The Balaban J connectivity index is 2.17. The smallest absolute Gasteiger partial charge is 0.416 e. The lowest BCUT2D eigenvalue weighted by Crippen LogP contribution is -2.46. The Bertz CT molecular complexity index is 668. The van der Waals surface area contributed by atoms with E-state index in [0.717, 1.165) is 6.07 Å². The number of halogens is 3. The summed E-state index contributed by atoms with van der Waals surface area (Å²) >= 11 is 0. The molecule has 10 heteroatoms. The molecular formula is C13H11F3N2O5. The van der Waals surface area contributed by atoms with E-state index in [4.69, 9.17) is 5.11 Å². The summed E-state index contributed by atoms with van der Waals surface area (Å²) in [6, 6.07) is 1.16. The number of hydrogen-bond acceptors (Lipinski definition) is 4. The maximum atomic E-state index is 12.6. The number of benzene rings is 1. The summed E-state index contributed by atoms with van der Waals surface area (Å²) in [5, 5.41) is 22.0. The lowest BCUT2D eigenvalue weighted by atomic mass is 9.80. The van der Waals surface area contributed by atoms with E-state index in [1.807, 2.05) is 0 Å². The molecular weight excluding hydrogens is 321 g/mol. The molecule has 0 saturated heterocycles. The molecule has 2 N–H and O–H groups in total. The van der Waals surface area contributed by atoms with Crippen molar-refractivity contribution >= 4 is 17.6 Å². The zero-order chi connectivity index (χ0) is 17.4. The van der Waals surface area contributed by atoms with Crippen LogP contribution in [0.3, 0.4) is 0 Å². The van der Waals surface area contributed by atoms with E-state index in [2.05, 4.69) is 5.32 Å². The third-order valence-electron chi connectivity index (χ3n) is 3.59. The fourth-order valence-electron chi connectivity index (χ4n) is 2.25. The van der Waals surface area contributed by atoms with Crippen molar-refractivity contribution in [2.45, 2.75) is 25.1 Å².